The monoisotopic (exact) mass is 379 g/mol. The maximum atomic E-state index is 13.0. The van der Waals surface area contributed by atoms with Crippen molar-refractivity contribution in [2.75, 3.05) is 31.2 Å². The number of benzene rings is 1. The number of hydrogen-bond donors (Lipinski definition) is 1. The van der Waals surface area contributed by atoms with Crippen molar-refractivity contribution in [3.8, 4) is 0 Å². The smallest absolute Gasteiger partial charge is 0.249 e. The number of rotatable bonds is 6. The topological polar surface area (TPSA) is 98.1 Å². The lowest BCUT2D eigenvalue weighted by molar-refractivity contribution is -0.123. The van der Waals surface area contributed by atoms with Gasteiger partial charge in [-0.2, -0.15) is 0 Å². The molecule has 1 aliphatic rings. The highest BCUT2D eigenvalue weighted by Gasteiger charge is 2.24. The summed E-state index contributed by atoms with van der Waals surface area (Å²) in [5, 5.41) is 14.3. The van der Waals surface area contributed by atoms with Crippen molar-refractivity contribution in [3.63, 3.8) is 0 Å². The number of nitrogens with one attached hydrogen (secondary N) is 1. The number of carbonyl (C=O) groups is 1. The lowest BCUT2D eigenvalue weighted by Crippen LogP contribution is -2.38. The van der Waals surface area contributed by atoms with Gasteiger partial charge in [-0.1, -0.05) is 36.4 Å². The van der Waals surface area contributed by atoms with E-state index < -0.39 is 6.04 Å². The summed E-state index contributed by atoms with van der Waals surface area (Å²) in [6, 6.07) is 12.7. The van der Waals surface area contributed by atoms with Gasteiger partial charge in [-0.25, -0.2) is 9.67 Å². The molecular formula is C19H21N7O2. The second-order valence-corrected chi connectivity index (χ2v) is 6.41. The Labute approximate surface area is 162 Å². The van der Waals surface area contributed by atoms with Gasteiger partial charge in [-0.3, -0.25) is 4.79 Å². The van der Waals surface area contributed by atoms with Crippen LogP contribution in [0.5, 0.6) is 0 Å². The van der Waals surface area contributed by atoms with E-state index >= 15 is 0 Å². The normalized spacial score (nSPS) is 15.2. The van der Waals surface area contributed by atoms with Crippen molar-refractivity contribution < 1.29 is 9.53 Å². The van der Waals surface area contributed by atoms with E-state index in [9.17, 15) is 4.79 Å². The van der Waals surface area contributed by atoms with E-state index in [0.717, 1.165) is 30.0 Å². The zero-order valence-electron chi connectivity index (χ0n) is 15.3. The maximum absolute atomic E-state index is 13.0. The molecule has 4 rings (SSSR count). The minimum Gasteiger partial charge on any atom is -0.378 e. The minimum atomic E-state index is -0.639. The number of nitrogens with zero attached hydrogens (tertiary/aromatic N) is 6. The molecule has 3 heterocycles. The number of ether oxygens (including phenoxy) is 1. The molecule has 9 heteroatoms. The molecule has 1 fully saturated rings. The fourth-order valence-corrected chi connectivity index (χ4v) is 3.25. The Morgan fingerprint density at radius 3 is 2.71 bits per heavy atom. The van der Waals surface area contributed by atoms with Crippen LogP contribution in [0.15, 0.2) is 55.0 Å². The predicted molar refractivity (Wildman–Crippen MR) is 102 cm³/mol. The SMILES string of the molecule is O=C(NCc1cccnc1N1CCOCC1)C(c1ccccc1)n1cnnn1. The highest BCUT2D eigenvalue weighted by atomic mass is 16.5. The van der Waals surface area contributed by atoms with Gasteiger partial charge in [0.2, 0.25) is 5.91 Å². The summed E-state index contributed by atoms with van der Waals surface area (Å²) in [6.07, 6.45) is 3.21. The van der Waals surface area contributed by atoms with Crippen molar-refractivity contribution in [2.24, 2.45) is 0 Å². The number of carbonyl (C=O) groups excluding carboxylic acids is 1. The third-order valence-electron chi connectivity index (χ3n) is 4.62. The van der Waals surface area contributed by atoms with Crippen LogP contribution in [0.2, 0.25) is 0 Å². The summed E-state index contributed by atoms with van der Waals surface area (Å²) in [7, 11) is 0. The number of aromatic nitrogens is 5. The average Bonchev–Trinajstić information content (AvgIpc) is 3.28. The Bertz CT molecular complexity index is 896. The molecule has 1 amide bonds. The first-order valence-electron chi connectivity index (χ1n) is 9.14. The molecule has 1 atom stereocenters. The molecule has 0 spiro atoms. The van der Waals surface area contributed by atoms with Gasteiger partial charge in [0.25, 0.3) is 0 Å². The predicted octanol–water partition coefficient (Wildman–Crippen LogP) is 0.810. The average molecular weight is 379 g/mol. The third kappa shape index (κ3) is 3.99. The minimum absolute atomic E-state index is 0.185. The summed E-state index contributed by atoms with van der Waals surface area (Å²) in [6.45, 7) is 3.30. The Kier molecular flexibility index (Phi) is 5.53. The molecule has 1 saturated heterocycles. The maximum Gasteiger partial charge on any atom is 0.249 e. The van der Waals surface area contributed by atoms with Crippen molar-refractivity contribution in [2.45, 2.75) is 12.6 Å². The van der Waals surface area contributed by atoms with Crippen LogP contribution < -0.4 is 10.2 Å². The second kappa shape index (κ2) is 8.57. The second-order valence-electron chi connectivity index (χ2n) is 6.41. The highest BCUT2D eigenvalue weighted by Crippen LogP contribution is 2.20. The van der Waals surface area contributed by atoms with E-state index in [1.54, 1.807) is 6.20 Å². The fraction of sp³-hybridized carbons (Fsp3) is 0.316. The van der Waals surface area contributed by atoms with Gasteiger partial charge in [0.1, 0.15) is 12.1 Å². The van der Waals surface area contributed by atoms with Gasteiger partial charge in [-0.15, -0.1) is 5.10 Å². The number of morpholine rings is 1. The Hall–Kier alpha value is -3.33. The number of anilines is 1. The summed E-state index contributed by atoms with van der Waals surface area (Å²) < 4.78 is 6.88. The Morgan fingerprint density at radius 1 is 1.14 bits per heavy atom. The summed E-state index contributed by atoms with van der Waals surface area (Å²) in [5.41, 5.74) is 1.77. The van der Waals surface area contributed by atoms with Crippen LogP contribution in [0.3, 0.4) is 0 Å². The molecule has 0 radical (unpaired) electrons. The summed E-state index contributed by atoms with van der Waals surface area (Å²) >= 11 is 0. The van der Waals surface area contributed by atoms with E-state index in [0.29, 0.717) is 19.8 Å². The molecule has 0 bridgehead atoms. The van der Waals surface area contributed by atoms with E-state index in [1.807, 2.05) is 42.5 Å². The van der Waals surface area contributed by atoms with Crippen LogP contribution in [0, 0.1) is 0 Å². The van der Waals surface area contributed by atoms with Crippen LogP contribution in [-0.2, 0) is 16.1 Å². The molecular weight excluding hydrogens is 358 g/mol. The van der Waals surface area contributed by atoms with Gasteiger partial charge in [0.05, 0.1) is 13.2 Å². The lowest BCUT2D eigenvalue weighted by Gasteiger charge is -2.29. The molecule has 144 valence electrons. The molecule has 2 aromatic heterocycles. The molecule has 9 nitrogen and oxygen atoms in total. The number of amides is 1. The Morgan fingerprint density at radius 2 is 1.96 bits per heavy atom. The lowest BCUT2D eigenvalue weighted by atomic mass is 10.1. The molecule has 1 aliphatic heterocycles. The van der Waals surface area contributed by atoms with Gasteiger partial charge >= 0.3 is 0 Å². The molecule has 1 N–H and O–H groups in total. The van der Waals surface area contributed by atoms with Crippen LogP contribution in [-0.4, -0.2) is 57.4 Å². The van der Waals surface area contributed by atoms with Gasteiger partial charge < -0.3 is 15.0 Å². The van der Waals surface area contributed by atoms with Crippen LogP contribution in [0.1, 0.15) is 17.2 Å². The first kappa shape index (κ1) is 18.1. The molecule has 0 aliphatic carbocycles. The van der Waals surface area contributed by atoms with E-state index in [2.05, 4.69) is 30.7 Å². The largest absolute Gasteiger partial charge is 0.378 e. The first-order chi connectivity index (χ1) is 13.8. The van der Waals surface area contributed by atoms with Gasteiger partial charge in [0, 0.05) is 31.4 Å². The van der Waals surface area contributed by atoms with Crippen LogP contribution >= 0.6 is 0 Å². The molecule has 1 unspecified atom stereocenters. The quantitative estimate of drug-likeness (QED) is 0.677. The molecule has 0 saturated carbocycles. The zero-order chi connectivity index (χ0) is 19.2. The van der Waals surface area contributed by atoms with Gasteiger partial charge in [0.15, 0.2) is 6.04 Å². The molecule has 1 aromatic carbocycles. The van der Waals surface area contributed by atoms with E-state index in [1.165, 1.54) is 11.0 Å². The van der Waals surface area contributed by atoms with Crippen molar-refractivity contribution >= 4 is 11.7 Å². The number of pyridine rings is 1. The Balaban J connectivity index is 1.52. The zero-order valence-corrected chi connectivity index (χ0v) is 15.3. The molecule has 28 heavy (non-hydrogen) atoms. The van der Waals surface area contributed by atoms with E-state index in [4.69, 9.17) is 4.74 Å². The highest BCUT2D eigenvalue weighted by molar-refractivity contribution is 5.83. The van der Waals surface area contributed by atoms with Crippen LogP contribution in [0.4, 0.5) is 5.82 Å². The number of tetrazole rings is 1. The summed E-state index contributed by atoms with van der Waals surface area (Å²) in [5.74, 6) is 0.695. The summed E-state index contributed by atoms with van der Waals surface area (Å²) in [4.78, 5) is 19.7. The van der Waals surface area contributed by atoms with Crippen molar-refractivity contribution in [3.05, 3.63) is 66.1 Å². The van der Waals surface area contributed by atoms with E-state index in [-0.39, 0.29) is 5.91 Å². The number of hydrogen-bond acceptors (Lipinski definition) is 7. The third-order valence-corrected chi connectivity index (χ3v) is 4.62. The fourth-order valence-electron chi connectivity index (χ4n) is 3.25. The van der Waals surface area contributed by atoms with Crippen LogP contribution in [0.25, 0.3) is 0 Å². The standard InChI is InChI=1S/C19H21N7O2/c27-19(17(26-14-22-23-24-26)15-5-2-1-3-6-15)21-13-16-7-4-8-20-18(16)25-9-11-28-12-10-25/h1-8,14,17H,9-13H2,(H,21,27). The van der Waals surface area contributed by atoms with Crippen molar-refractivity contribution in [1.82, 2.24) is 30.5 Å². The van der Waals surface area contributed by atoms with Crippen molar-refractivity contribution in [1.29, 1.82) is 0 Å². The van der Waals surface area contributed by atoms with Gasteiger partial charge in [-0.05, 0) is 22.1 Å². The molecule has 3 aromatic rings. The first-order valence-corrected chi connectivity index (χ1v) is 9.14.